The van der Waals surface area contributed by atoms with Gasteiger partial charge in [0.25, 0.3) is 0 Å². The molecular formula is C21H24ClN3OS. The zero-order valence-electron chi connectivity index (χ0n) is 16.1. The highest BCUT2D eigenvalue weighted by Gasteiger charge is 2.19. The molecule has 1 unspecified atom stereocenters. The van der Waals surface area contributed by atoms with E-state index in [1.165, 1.54) is 16.7 Å². The quantitative estimate of drug-likeness (QED) is 0.455. The van der Waals surface area contributed by atoms with Gasteiger partial charge in [-0.15, -0.1) is 10.2 Å². The molecule has 1 atom stereocenters. The molecule has 3 rings (SSSR count). The van der Waals surface area contributed by atoms with E-state index in [0.717, 1.165) is 34.1 Å². The lowest BCUT2D eigenvalue weighted by Crippen LogP contribution is -2.12. The predicted molar refractivity (Wildman–Crippen MR) is 112 cm³/mol. The van der Waals surface area contributed by atoms with Crippen molar-refractivity contribution in [1.29, 1.82) is 0 Å². The van der Waals surface area contributed by atoms with Gasteiger partial charge in [0.05, 0.1) is 0 Å². The van der Waals surface area contributed by atoms with Gasteiger partial charge in [-0.2, -0.15) is 0 Å². The molecule has 0 aliphatic heterocycles. The summed E-state index contributed by atoms with van der Waals surface area (Å²) in [6.45, 7) is 9.06. The zero-order valence-corrected chi connectivity index (χ0v) is 17.6. The van der Waals surface area contributed by atoms with Crippen molar-refractivity contribution in [2.24, 2.45) is 0 Å². The summed E-state index contributed by atoms with van der Waals surface area (Å²) in [5, 5.41) is 10.4. The number of benzene rings is 2. The molecule has 0 radical (unpaired) electrons. The molecule has 0 aliphatic carbocycles. The normalized spacial score (nSPS) is 12.2. The number of aryl methyl sites for hydroxylation is 2. The number of hydrogen-bond donors (Lipinski definition) is 0. The van der Waals surface area contributed by atoms with E-state index in [2.05, 4.69) is 41.6 Å². The maximum Gasteiger partial charge on any atom is 0.191 e. The van der Waals surface area contributed by atoms with Crippen molar-refractivity contribution < 1.29 is 4.74 Å². The molecule has 0 amide bonds. The summed E-state index contributed by atoms with van der Waals surface area (Å²) in [7, 11) is 0. The molecule has 0 bridgehead atoms. The van der Waals surface area contributed by atoms with Crippen LogP contribution in [0.5, 0.6) is 5.75 Å². The standard InChI is InChI=1S/C21H24ClN3OS/c1-5-25-20(16(4)26-19-11-14(2)10-15(3)12-19)23-24-21(25)27-13-17-6-8-18(22)9-7-17/h6-12,16H,5,13H2,1-4H3. The minimum atomic E-state index is -0.177. The molecule has 27 heavy (non-hydrogen) atoms. The third kappa shape index (κ3) is 5.05. The van der Waals surface area contributed by atoms with E-state index < -0.39 is 0 Å². The summed E-state index contributed by atoms with van der Waals surface area (Å²) in [6, 6.07) is 14.1. The van der Waals surface area contributed by atoms with Gasteiger partial charge in [0.2, 0.25) is 0 Å². The molecule has 3 aromatic rings. The molecule has 142 valence electrons. The van der Waals surface area contributed by atoms with E-state index in [-0.39, 0.29) is 6.10 Å². The number of halogens is 1. The fourth-order valence-electron chi connectivity index (χ4n) is 2.99. The van der Waals surface area contributed by atoms with Gasteiger partial charge in [0.15, 0.2) is 17.1 Å². The summed E-state index contributed by atoms with van der Waals surface area (Å²) in [6.07, 6.45) is -0.177. The van der Waals surface area contributed by atoms with Crippen molar-refractivity contribution in [2.45, 2.75) is 51.3 Å². The molecule has 1 heterocycles. The Bertz CT molecular complexity index is 888. The Morgan fingerprint density at radius 1 is 1.07 bits per heavy atom. The predicted octanol–water partition coefficient (Wildman–Crippen LogP) is 6.00. The van der Waals surface area contributed by atoms with Gasteiger partial charge < -0.3 is 9.30 Å². The van der Waals surface area contributed by atoms with E-state index in [9.17, 15) is 0 Å². The highest BCUT2D eigenvalue weighted by atomic mass is 35.5. The molecule has 4 nitrogen and oxygen atoms in total. The fourth-order valence-corrected chi connectivity index (χ4v) is 4.08. The molecule has 0 spiro atoms. The van der Waals surface area contributed by atoms with Crippen LogP contribution in [0.1, 0.15) is 42.5 Å². The monoisotopic (exact) mass is 401 g/mol. The second-order valence-electron chi connectivity index (χ2n) is 6.58. The van der Waals surface area contributed by atoms with Gasteiger partial charge in [-0.3, -0.25) is 0 Å². The highest BCUT2D eigenvalue weighted by molar-refractivity contribution is 7.98. The van der Waals surface area contributed by atoms with Crippen LogP contribution in [0.4, 0.5) is 0 Å². The van der Waals surface area contributed by atoms with Crippen LogP contribution in [-0.4, -0.2) is 14.8 Å². The van der Waals surface area contributed by atoms with Crippen molar-refractivity contribution in [2.75, 3.05) is 0 Å². The Morgan fingerprint density at radius 2 is 1.74 bits per heavy atom. The van der Waals surface area contributed by atoms with Crippen molar-refractivity contribution in [3.05, 3.63) is 70.0 Å². The first-order chi connectivity index (χ1) is 13.0. The SMILES string of the molecule is CCn1c(SCc2ccc(Cl)cc2)nnc1C(C)Oc1cc(C)cc(C)c1. The van der Waals surface area contributed by atoms with Crippen LogP contribution in [0, 0.1) is 13.8 Å². The zero-order chi connectivity index (χ0) is 19.4. The summed E-state index contributed by atoms with van der Waals surface area (Å²) in [4.78, 5) is 0. The molecule has 2 aromatic carbocycles. The maximum absolute atomic E-state index is 6.15. The third-order valence-corrected chi connectivity index (χ3v) is 5.50. The Kier molecular flexibility index (Phi) is 6.45. The molecule has 0 fully saturated rings. The molecule has 0 N–H and O–H groups in total. The third-order valence-electron chi connectivity index (χ3n) is 4.21. The Balaban J connectivity index is 1.73. The topological polar surface area (TPSA) is 39.9 Å². The van der Waals surface area contributed by atoms with Crippen LogP contribution < -0.4 is 4.74 Å². The first-order valence-corrected chi connectivity index (χ1v) is 10.4. The van der Waals surface area contributed by atoms with Crippen LogP contribution in [0.3, 0.4) is 0 Å². The van der Waals surface area contributed by atoms with Crippen molar-refractivity contribution >= 4 is 23.4 Å². The number of aromatic nitrogens is 3. The molecule has 0 aliphatic rings. The van der Waals surface area contributed by atoms with Gasteiger partial charge in [-0.05, 0) is 68.7 Å². The number of ether oxygens (including phenoxy) is 1. The second kappa shape index (κ2) is 8.81. The van der Waals surface area contributed by atoms with Crippen LogP contribution in [0.2, 0.25) is 5.02 Å². The largest absolute Gasteiger partial charge is 0.483 e. The first-order valence-electron chi connectivity index (χ1n) is 9.01. The fraction of sp³-hybridized carbons (Fsp3) is 0.333. The Labute approximate surface area is 169 Å². The van der Waals surface area contributed by atoms with Crippen LogP contribution in [0.15, 0.2) is 47.6 Å². The van der Waals surface area contributed by atoms with Crippen LogP contribution in [-0.2, 0) is 12.3 Å². The summed E-state index contributed by atoms with van der Waals surface area (Å²) in [5.74, 6) is 2.53. The average molecular weight is 402 g/mol. The van der Waals surface area contributed by atoms with Crippen LogP contribution in [0.25, 0.3) is 0 Å². The van der Waals surface area contributed by atoms with Crippen molar-refractivity contribution in [3.63, 3.8) is 0 Å². The molecular weight excluding hydrogens is 378 g/mol. The van der Waals surface area contributed by atoms with E-state index >= 15 is 0 Å². The second-order valence-corrected chi connectivity index (χ2v) is 7.96. The molecule has 6 heteroatoms. The molecule has 0 saturated heterocycles. The van der Waals surface area contributed by atoms with Gasteiger partial charge in [0.1, 0.15) is 5.75 Å². The Morgan fingerprint density at radius 3 is 2.37 bits per heavy atom. The first kappa shape index (κ1) is 19.8. The lowest BCUT2D eigenvalue weighted by atomic mass is 10.1. The van der Waals surface area contributed by atoms with E-state index in [0.29, 0.717) is 0 Å². The van der Waals surface area contributed by atoms with Crippen molar-refractivity contribution in [3.8, 4) is 5.75 Å². The van der Waals surface area contributed by atoms with E-state index in [4.69, 9.17) is 16.3 Å². The van der Waals surface area contributed by atoms with Gasteiger partial charge in [0, 0.05) is 17.3 Å². The summed E-state index contributed by atoms with van der Waals surface area (Å²) >= 11 is 7.62. The molecule has 1 aromatic heterocycles. The summed E-state index contributed by atoms with van der Waals surface area (Å²) in [5.41, 5.74) is 3.58. The minimum Gasteiger partial charge on any atom is -0.483 e. The smallest absolute Gasteiger partial charge is 0.191 e. The lowest BCUT2D eigenvalue weighted by molar-refractivity contribution is 0.209. The van der Waals surface area contributed by atoms with Gasteiger partial charge in [-0.25, -0.2) is 0 Å². The van der Waals surface area contributed by atoms with E-state index in [1.54, 1.807) is 11.8 Å². The minimum absolute atomic E-state index is 0.177. The highest BCUT2D eigenvalue weighted by Crippen LogP contribution is 2.27. The van der Waals surface area contributed by atoms with Crippen molar-refractivity contribution in [1.82, 2.24) is 14.8 Å². The van der Waals surface area contributed by atoms with E-state index in [1.807, 2.05) is 43.3 Å². The van der Waals surface area contributed by atoms with Gasteiger partial charge in [-0.1, -0.05) is 41.6 Å². The number of nitrogens with zero attached hydrogens (tertiary/aromatic N) is 3. The van der Waals surface area contributed by atoms with Gasteiger partial charge >= 0.3 is 0 Å². The molecule has 0 saturated carbocycles. The average Bonchev–Trinajstić information content (AvgIpc) is 3.03. The maximum atomic E-state index is 6.15. The number of thioether (sulfide) groups is 1. The van der Waals surface area contributed by atoms with Crippen LogP contribution >= 0.6 is 23.4 Å². The Hall–Kier alpha value is -1.98. The number of rotatable bonds is 7. The lowest BCUT2D eigenvalue weighted by Gasteiger charge is -2.16. The number of hydrogen-bond acceptors (Lipinski definition) is 4. The summed E-state index contributed by atoms with van der Waals surface area (Å²) < 4.78 is 8.27.